The van der Waals surface area contributed by atoms with Crippen molar-refractivity contribution >= 4 is 11.9 Å². The summed E-state index contributed by atoms with van der Waals surface area (Å²) in [5.74, 6) is -0.456. The molecule has 2 aliphatic rings. The fraction of sp³-hybridized carbons (Fsp3) is 0.889. The highest BCUT2D eigenvalue weighted by Crippen LogP contribution is 2.49. The van der Waals surface area contributed by atoms with E-state index >= 15 is 0 Å². The lowest BCUT2D eigenvalue weighted by Crippen LogP contribution is -2.54. The quantitative estimate of drug-likeness (QED) is 0.438. The molecule has 0 bridgehead atoms. The molecule has 0 aromatic heterocycles. The third-order valence-corrected chi connectivity index (χ3v) is 5.65. The molecule has 0 aromatic carbocycles. The van der Waals surface area contributed by atoms with Gasteiger partial charge in [-0.2, -0.15) is 4.89 Å². The van der Waals surface area contributed by atoms with Crippen LogP contribution < -0.4 is 5.32 Å². The Hall–Kier alpha value is -1.14. The topological polar surface area (TPSA) is 67.9 Å². The van der Waals surface area contributed by atoms with E-state index in [-0.39, 0.29) is 23.4 Å². The number of hydrogen-bond donors (Lipinski definition) is 1. The molecule has 6 nitrogen and oxygen atoms in total. The fourth-order valence-electron chi connectivity index (χ4n) is 4.30. The Kier molecular flexibility index (Phi) is 6.63. The third-order valence-electron chi connectivity index (χ3n) is 5.65. The SMILES string of the molecule is CCCCN[C@@H](C)C(=O)N1[C@H]2CCCC[C@@]2(C)C[C@H]1C(=O)OOC. The zero-order chi connectivity index (χ0) is 17.7. The van der Waals surface area contributed by atoms with E-state index in [4.69, 9.17) is 4.89 Å². The van der Waals surface area contributed by atoms with Crippen molar-refractivity contribution in [2.75, 3.05) is 13.7 Å². The number of carbonyl (C=O) groups excluding carboxylic acids is 2. The minimum atomic E-state index is -0.541. The van der Waals surface area contributed by atoms with Crippen molar-refractivity contribution in [2.45, 2.75) is 83.8 Å². The molecule has 1 N–H and O–H groups in total. The van der Waals surface area contributed by atoms with Gasteiger partial charge in [0.2, 0.25) is 5.91 Å². The molecule has 1 saturated heterocycles. The molecular weight excluding hydrogens is 308 g/mol. The van der Waals surface area contributed by atoms with Crippen LogP contribution >= 0.6 is 0 Å². The van der Waals surface area contributed by atoms with Crippen LogP contribution in [0.1, 0.15) is 65.7 Å². The molecule has 2 rings (SSSR count). The molecule has 1 aliphatic heterocycles. The molecule has 0 radical (unpaired) electrons. The van der Waals surface area contributed by atoms with Crippen molar-refractivity contribution in [1.29, 1.82) is 0 Å². The number of unbranched alkanes of at least 4 members (excludes halogenated alkanes) is 1. The number of amides is 1. The van der Waals surface area contributed by atoms with Crippen LogP contribution in [0.25, 0.3) is 0 Å². The van der Waals surface area contributed by atoms with Gasteiger partial charge in [0.25, 0.3) is 0 Å². The van der Waals surface area contributed by atoms with Gasteiger partial charge in [0, 0.05) is 6.04 Å². The van der Waals surface area contributed by atoms with Crippen molar-refractivity contribution in [2.24, 2.45) is 5.41 Å². The summed E-state index contributed by atoms with van der Waals surface area (Å²) < 4.78 is 0. The van der Waals surface area contributed by atoms with Crippen LogP contribution in [0.15, 0.2) is 0 Å². The van der Waals surface area contributed by atoms with E-state index in [9.17, 15) is 9.59 Å². The van der Waals surface area contributed by atoms with E-state index in [0.717, 1.165) is 45.1 Å². The number of nitrogens with one attached hydrogen (secondary N) is 1. The van der Waals surface area contributed by atoms with Crippen molar-refractivity contribution < 1.29 is 19.4 Å². The summed E-state index contributed by atoms with van der Waals surface area (Å²) in [7, 11) is 1.32. The Morgan fingerprint density at radius 2 is 2.12 bits per heavy atom. The predicted molar refractivity (Wildman–Crippen MR) is 91.1 cm³/mol. The van der Waals surface area contributed by atoms with Gasteiger partial charge in [0.1, 0.15) is 6.04 Å². The first-order valence-corrected chi connectivity index (χ1v) is 9.24. The van der Waals surface area contributed by atoms with E-state index in [2.05, 4.69) is 24.1 Å². The van der Waals surface area contributed by atoms with Crippen LogP contribution in [0.2, 0.25) is 0 Å². The van der Waals surface area contributed by atoms with Gasteiger partial charge in [-0.3, -0.25) is 9.68 Å². The Balaban J connectivity index is 2.17. The predicted octanol–water partition coefficient (Wildman–Crippen LogP) is 2.42. The van der Waals surface area contributed by atoms with Gasteiger partial charge in [-0.15, -0.1) is 0 Å². The summed E-state index contributed by atoms with van der Waals surface area (Å²) in [6, 6.07) is -0.719. The number of hydrogen-bond acceptors (Lipinski definition) is 5. The van der Waals surface area contributed by atoms with Crippen molar-refractivity contribution in [3.05, 3.63) is 0 Å². The molecule has 4 atom stereocenters. The lowest BCUT2D eigenvalue weighted by Gasteiger charge is -2.40. The molecule has 2 fully saturated rings. The zero-order valence-electron chi connectivity index (χ0n) is 15.5. The van der Waals surface area contributed by atoms with E-state index < -0.39 is 12.0 Å². The summed E-state index contributed by atoms with van der Waals surface area (Å²) in [5.41, 5.74) is -0.00548. The van der Waals surface area contributed by atoms with Gasteiger partial charge in [-0.1, -0.05) is 33.1 Å². The number of nitrogens with zero attached hydrogens (tertiary/aromatic N) is 1. The van der Waals surface area contributed by atoms with Crippen LogP contribution in [-0.2, 0) is 19.4 Å². The van der Waals surface area contributed by atoms with Crippen molar-refractivity contribution in [3.8, 4) is 0 Å². The van der Waals surface area contributed by atoms with Gasteiger partial charge < -0.3 is 10.2 Å². The van der Waals surface area contributed by atoms with Crippen LogP contribution in [-0.4, -0.2) is 48.6 Å². The van der Waals surface area contributed by atoms with E-state index in [0.29, 0.717) is 6.42 Å². The average molecular weight is 340 g/mol. The molecule has 24 heavy (non-hydrogen) atoms. The number of fused-ring (bicyclic) bond motifs is 1. The summed E-state index contributed by atoms with van der Waals surface area (Å²) in [5, 5.41) is 3.29. The highest BCUT2D eigenvalue weighted by atomic mass is 17.2. The highest BCUT2D eigenvalue weighted by Gasteiger charge is 2.55. The highest BCUT2D eigenvalue weighted by molar-refractivity contribution is 5.88. The van der Waals surface area contributed by atoms with Gasteiger partial charge in [0.15, 0.2) is 0 Å². The molecule has 0 unspecified atom stereocenters. The molecule has 0 aromatic rings. The number of likely N-dealkylation sites (tertiary alicyclic amines) is 1. The van der Waals surface area contributed by atoms with E-state index in [1.54, 1.807) is 4.90 Å². The van der Waals surface area contributed by atoms with Crippen molar-refractivity contribution in [1.82, 2.24) is 10.2 Å². The number of carbonyl (C=O) groups is 2. The van der Waals surface area contributed by atoms with Crippen LogP contribution in [0, 0.1) is 5.41 Å². The third kappa shape index (κ3) is 3.91. The lowest BCUT2D eigenvalue weighted by molar-refractivity contribution is -0.259. The normalized spacial score (nSPS) is 30.8. The first-order chi connectivity index (χ1) is 11.4. The molecule has 1 aliphatic carbocycles. The Bertz CT molecular complexity index is 456. The van der Waals surface area contributed by atoms with Gasteiger partial charge in [0.05, 0.1) is 13.2 Å². The zero-order valence-corrected chi connectivity index (χ0v) is 15.5. The largest absolute Gasteiger partial charge is 0.364 e. The van der Waals surface area contributed by atoms with Crippen LogP contribution in [0.3, 0.4) is 0 Å². The second kappa shape index (κ2) is 8.30. The van der Waals surface area contributed by atoms with Gasteiger partial charge in [-0.25, -0.2) is 4.79 Å². The first kappa shape index (κ1) is 19.2. The summed E-state index contributed by atoms with van der Waals surface area (Å²) in [4.78, 5) is 36.6. The maximum absolute atomic E-state index is 13.1. The summed E-state index contributed by atoms with van der Waals surface area (Å²) in [6.07, 6.45) is 7.05. The van der Waals surface area contributed by atoms with Crippen LogP contribution in [0.5, 0.6) is 0 Å². The van der Waals surface area contributed by atoms with E-state index in [1.165, 1.54) is 7.11 Å². The lowest BCUT2D eigenvalue weighted by atomic mass is 9.71. The van der Waals surface area contributed by atoms with Gasteiger partial charge in [-0.05, 0) is 44.6 Å². The van der Waals surface area contributed by atoms with Gasteiger partial charge >= 0.3 is 5.97 Å². The Morgan fingerprint density at radius 3 is 2.79 bits per heavy atom. The molecule has 6 heteroatoms. The molecule has 1 amide bonds. The molecule has 138 valence electrons. The summed E-state index contributed by atoms with van der Waals surface area (Å²) in [6.45, 7) is 7.02. The first-order valence-electron chi connectivity index (χ1n) is 9.24. The molecule has 1 heterocycles. The standard InChI is InChI=1S/C18H32N2O4/c1-5-6-11-19-13(2)16(21)20-14(17(22)24-23-4)12-18(3)10-8-7-9-15(18)20/h13-15,19H,5-12H2,1-4H3/t13-,14-,15-,18-/m0/s1. The molecular formula is C18H32N2O4. The van der Waals surface area contributed by atoms with Crippen LogP contribution in [0.4, 0.5) is 0 Å². The monoisotopic (exact) mass is 340 g/mol. The number of rotatable bonds is 7. The molecule has 0 spiro atoms. The van der Waals surface area contributed by atoms with Crippen molar-refractivity contribution in [3.63, 3.8) is 0 Å². The maximum atomic E-state index is 13.1. The maximum Gasteiger partial charge on any atom is 0.364 e. The fourth-order valence-corrected chi connectivity index (χ4v) is 4.30. The summed E-state index contributed by atoms with van der Waals surface area (Å²) >= 11 is 0. The Labute approximate surface area is 145 Å². The second-order valence-electron chi connectivity index (χ2n) is 7.48. The minimum Gasteiger partial charge on any atom is -0.324 e. The molecule has 1 saturated carbocycles. The Morgan fingerprint density at radius 1 is 1.38 bits per heavy atom. The second-order valence-corrected chi connectivity index (χ2v) is 7.48. The minimum absolute atomic E-state index is 0.000203. The van der Waals surface area contributed by atoms with E-state index in [1.807, 2.05) is 6.92 Å². The average Bonchev–Trinajstić information content (AvgIpc) is 2.87. The smallest absolute Gasteiger partial charge is 0.324 e.